The molecule has 10 heteroatoms. The molecule has 0 unspecified atom stereocenters. The summed E-state index contributed by atoms with van der Waals surface area (Å²) < 4.78 is 5.40. The van der Waals surface area contributed by atoms with Crippen molar-refractivity contribution in [3.63, 3.8) is 0 Å². The number of thiazole rings is 1. The molecule has 0 spiro atoms. The fraction of sp³-hybridized carbons (Fsp3) is 0.500. The Hall–Kier alpha value is -2.04. The Bertz CT molecular complexity index is 909. The third-order valence-corrected chi connectivity index (χ3v) is 6.83. The summed E-state index contributed by atoms with van der Waals surface area (Å²) in [6.45, 7) is 9.04. The summed E-state index contributed by atoms with van der Waals surface area (Å²) in [5.41, 5.74) is 1.19. The molecular formula is C22H28ClN5O3S. The van der Waals surface area contributed by atoms with Gasteiger partial charge < -0.3 is 9.64 Å². The Kier molecular flexibility index (Phi) is 8.10. The maximum absolute atomic E-state index is 12.7. The molecule has 32 heavy (non-hydrogen) atoms. The van der Waals surface area contributed by atoms with Crippen LogP contribution in [0.2, 0.25) is 5.02 Å². The molecule has 0 radical (unpaired) electrons. The second kappa shape index (κ2) is 11.2. The van der Waals surface area contributed by atoms with E-state index in [1.165, 1.54) is 11.3 Å². The van der Waals surface area contributed by atoms with Gasteiger partial charge in [0.25, 0.3) is 5.91 Å². The number of aromatic nitrogens is 1. The van der Waals surface area contributed by atoms with Gasteiger partial charge in [-0.15, -0.1) is 11.3 Å². The number of benzene rings is 1. The van der Waals surface area contributed by atoms with E-state index in [0.717, 1.165) is 65.6 Å². The van der Waals surface area contributed by atoms with Crippen molar-refractivity contribution >= 4 is 39.9 Å². The minimum Gasteiger partial charge on any atom is -0.379 e. The molecule has 172 valence electrons. The summed E-state index contributed by atoms with van der Waals surface area (Å²) in [7, 11) is 0. The highest BCUT2D eigenvalue weighted by Crippen LogP contribution is 2.18. The number of morpholine rings is 1. The molecule has 0 aliphatic carbocycles. The molecule has 3 heterocycles. The van der Waals surface area contributed by atoms with Crippen molar-refractivity contribution in [1.82, 2.24) is 19.7 Å². The quantitative estimate of drug-likeness (QED) is 0.657. The molecule has 1 aromatic carbocycles. The van der Waals surface area contributed by atoms with Crippen LogP contribution in [0.5, 0.6) is 0 Å². The summed E-state index contributed by atoms with van der Waals surface area (Å²) in [5, 5.41) is 5.67. The molecule has 2 fully saturated rings. The molecule has 0 saturated carbocycles. The van der Waals surface area contributed by atoms with E-state index in [-0.39, 0.29) is 18.2 Å². The molecule has 4 rings (SSSR count). The van der Waals surface area contributed by atoms with E-state index in [2.05, 4.69) is 20.1 Å². The number of anilines is 1. The van der Waals surface area contributed by atoms with E-state index in [1.807, 2.05) is 10.3 Å². The summed E-state index contributed by atoms with van der Waals surface area (Å²) >= 11 is 7.18. The maximum Gasteiger partial charge on any atom is 0.257 e. The lowest BCUT2D eigenvalue weighted by Crippen LogP contribution is -2.51. The molecule has 0 atom stereocenters. The van der Waals surface area contributed by atoms with Crippen LogP contribution in [-0.4, -0.2) is 97.1 Å². The van der Waals surface area contributed by atoms with E-state index in [1.54, 1.807) is 24.3 Å². The number of halogens is 1. The minimum absolute atomic E-state index is 0.0821. The summed E-state index contributed by atoms with van der Waals surface area (Å²) in [5.74, 6) is -0.166. The SMILES string of the molecule is O=C(Nc1nc(CC(=O)N2CCN(CCN3CCOCC3)CC2)cs1)c1ccc(Cl)cc1. The van der Waals surface area contributed by atoms with Crippen molar-refractivity contribution in [2.45, 2.75) is 6.42 Å². The van der Waals surface area contributed by atoms with Crippen LogP contribution < -0.4 is 5.32 Å². The van der Waals surface area contributed by atoms with Gasteiger partial charge in [0.1, 0.15) is 0 Å². The monoisotopic (exact) mass is 477 g/mol. The lowest BCUT2D eigenvalue weighted by Gasteiger charge is -2.36. The average molecular weight is 478 g/mol. The zero-order valence-corrected chi connectivity index (χ0v) is 19.5. The van der Waals surface area contributed by atoms with Crippen LogP contribution in [0, 0.1) is 0 Å². The first-order valence-electron chi connectivity index (χ1n) is 10.9. The first-order chi connectivity index (χ1) is 15.6. The molecule has 2 aliphatic heterocycles. The second-order valence-corrected chi connectivity index (χ2v) is 9.25. The van der Waals surface area contributed by atoms with Crippen molar-refractivity contribution in [3.05, 3.63) is 45.9 Å². The molecule has 1 aromatic heterocycles. The van der Waals surface area contributed by atoms with Crippen LogP contribution in [0.25, 0.3) is 0 Å². The van der Waals surface area contributed by atoms with E-state index in [4.69, 9.17) is 16.3 Å². The number of amides is 2. The molecule has 8 nitrogen and oxygen atoms in total. The average Bonchev–Trinajstić information content (AvgIpc) is 3.25. The number of piperazine rings is 1. The van der Waals surface area contributed by atoms with Gasteiger partial charge in [0, 0.05) is 68.3 Å². The summed E-state index contributed by atoms with van der Waals surface area (Å²) in [4.78, 5) is 36.2. The molecule has 2 saturated heterocycles. The van der Waals surface area contributed by atoms with Gasteiger partial charge in [-0.1, -0.05) is 11.6 Å². The Morgan fingerprint density at radius 2 is 1.66 bits per heavy atom. The standard InChI is InChI=1S/C22H28ClN5O3S/c23-18-3-1-17(2-4-18)21(30)25-22-24-19(16-32-22)15-20(29)28-9-7-26(8-10-28)5-6-27-11-13-31-14-12-27/h1-4,16H,5-15H2,(H,24,25,30). The fourth-order valence-electron chi connectivity index (χ4n) is 3.81. The third kappa shape index (κ3) is 6.49. The highest BCUT2D eigenvalue weighted by Gasteiger charge is 2.22. The van der Waals surface area contributed by atoms with Crippen molar-refractivity contribution < 1.29 is 14.3 Å². The van der Waals surface area contributed by atoms with Gasteiger partial charge in [0.15, 0.2) is 5.13 Å². The largest absolute Gasteiger partial charge is 0.379 e. The number of nitrogens with one attached hydrogen (secondary N) is 1. The minimum atomic E-state index is -0.248. The lowest BCUT2D eigenvalue weighted by molar-refractivity contribution is -0.132. The second-order valence-electron chi connectivity index (χ2n) is 7.96. The Balaban J connectivity index is 1.19. The fourth-order valence-corrected chi connectivity index (χ4v) is 4.64. The zero-order valence-electron chi connectivity index (χ0n) is 18.0. The number of carbonyl (C=O) groups excluding carboxylic acids is 2. The molecule has 2 aromatic rings. The molecule has 2 amide bonds. The first-order valence-corrected chi connectivity index (χ1v) is 12.1. The van der Waals surface area contributed by atoms with Gasteiger partial charge in [-0.05, 0) is 24.3 Å². The Morgan fingerprint density at radius 3 is 2.34 bits per heavy atom. The van der Waals surface area contributed by atoms with Gasteiger partial charge in [0.2, 0.25) is 5.91 Å². The van der Waals surface area contributed by atoms with Gasteiger partial charge >= 0.3 is 0 Å². The maximum atomic E-state index is 12.7. The van der Waals surface area contributed by atoms with Crippen molar-refractivity contribution in [2.24, 2.45) is 0 Å². The van der Waals surface area contributed by atoms with Crippen molar-refractivity contribution in [2.75, 3.05) is 70.9 Å². The van der Waals surface area contributed by atoms with Gasteiger partial charge in [-0.25, -0.2) is 4.98 Å². The number of hydrogen-bond donors (Lipinski definition) is 1. The highest BCUT2D eigenvalue weighted by atomic mass is 35.5. The van der Waals surface area contributed by atoms with Crippen LogP contribution in [0.4, 0.5) is 5.13 Å². The van der Waals surface area contributed by atoms with Crippen LogP contribution in [0.1, 0.15) is 16.1 Å². The molecule has 2 aliphatic rings. The normalized spacial score (nSPS) is 18.0. The predicted molar refractivity (Wildman–Crippen MR) is 126 cm³/mol. The van der Waals surface area contributed by atoms with E-state index in [9.17, 15) is 9.59 Å². The summed E-state index contributed by atoms with van der Waals surface area (Å²) in [6, 6.07) is 6.67. The molecule has 1 N–H and O–H groups in total. The Morgan fingerprint density at radius 1 is 1.00 bits per heavy atom. The van der Waals surface area contributed by atoms with Gasteiger partial charge in [-0.3, -0.25) is 24.7 Å². The lowest BCUT2D eigenvalue weighted by atomic mass is 10.2. The first kappa shape index (κ1) is 23.1. The highest BCUT2D eigenvalue weighted by molar-refractivity contribution is 7.14. The number of nitrogens with zero attached hydrogens (tertiary/aromatic N) is 4. The third-order valence-electron chi connectivity index (χ3n) is 5.77. The number of ether oxygens (including phenoxy) is 1. The number of carbonyl (C=O) groups is 2. The number of hydrogen-bond acceptors (Lipinski definition) is 7. The van der Waals surface area contributed by atoms with Crippen molar-refractivity contribution in [1.29, 1.82) is 0 Å². The van der Waals surface area contributed by atoms with Crippen LogP contribution in [0.3, 0.4) is 0 Å². The predicted octanol–water partition coefficient (Wildman–Crippen LogP) is 2.07. The topological polar surface area (TPSA) is 78.0 Å². The van der Waals surface area contributed by atoms with Crippen molar-refractivity contribution in [3.8, 4) is 0 Å². The van der Waals surface area contributed by atoms with E-state index in [0.29, 0.717) is 21.4 Å². The van der Waals surface area contributed by atoms with Crippen LogP contribution >= 0.6 is 22.9 Å². The van der Waals surface area contributed by atoms with Crippen LogP contribution in [0.15, 0.2) is 29.6 Å². The number of rotatable bonds is 7. The van der Waals surface area contributed by atoms with Gasteiger partial charge in [0.05, 0.1) is 25.3 Å². The van der Waals surface area contributed by atoms with E-state index >= 15 is 0 Å². The van der Waals surface area contributed by atoms with Crippen LogP contribution in [-0.2, 0) is 16.0 Å². The Labute approximate surface area is 197 Å². The van der Waals surface area contributed by atoms with Gasteiger partial charge in [-0.2, -0.15) is 0 Å². The molecular weight excluding hydrogens is 450 g/mol. The molecule has 0 bridgehead atoms. The smallest absolute Gasteiger partial charge is 0.257 e. The van der Waals surface area contributed by atoms with E-state index < -0.39 is 0 Å². The zero-order chi connectivity index (χ0) is 22.3. The summed E-state index contributed by atoms with van der Waals surface area (Å²) in [6.07, 6.45) is 0.251.